The van der Waals surface area contributed by atoms with E-state index in [4.69, 9.17) is 10.5 Å². The molecule has 7 nitrogen and oxygen atoms in total. The molecule has 4 rings (SSSR count). The predicted octanol–water partition coefficient (Wildman–Crippen LogP) is 3.11. The number of anilines is 1. The molecule has 3 aromatic rings. The summed E-state index contributed by atoms with van der Waals surface area (Å²) in [4.78, 5) is 17.0. The lowest BCUT2D eigenvalue weighted by atomic mass is 10.2. The zero-order valence-corrected chi connectivity index (χ0v) is 16.6. The number of aromatic nitrogens is 2. The Kier molecular flexibility index (Phi) is 5.85. The molecule has 1 aliphatic heterocycles. The second-order valence-electron chi connectivity index (χ2n) is 6.52. The second kappa shape index (κ2) is 8.87. The SMILES string of the molecule is NC(=NCc1ccc(Oc2cccnc2)c(F)c1)N1CCN(c2nccs2)CC1. The number of ether oxygens (including phenoxy) is 1. The van der Waals surface area contributed by atoms with Gasteiger partial charge in [-0.05, 0) is 29.8 Å². The number of guanidine groups is 1. The van der Waals surface area contributed by atoms with Crippen LogP contribution in [0.15, 0.2) is 59.3 Å². The van der Waals surface area contributed by atoms with Crippen molar-refractivity contribution < 1.29 is 9.13 Å². The van der Waals surface area contributed by atoms with Gasteiger partial charge in [-0.2, -0.15) is 0 Å². The van der Waals surface area contributed by atoms with Crippen LogP contribution in [0, 0.1) is 5.82 Å². The number of aliphatic imine (C=N–C) groups is 1. The first kappa shape index (κ1) is 19.1. The van der Waals surface area contributed by atoms with E-state index >= 15 is 0 Å². The highest BCUT2D eigenvalue weighted by Crippen LogP contribution is 2.25. The van der Waals surface area contributed by atoms with Crippen molar-refractivity contribution in [2.75, 3.05) is 31.1 Å². The van der Waals surface area contributed by atoms with Gasteiger partial charge in [0.1, 0.15) is 5.75 Å². The van der Waals surface area contributed by atoms with Gasteiger partial charge in [-0.15, -0.1) is 11.3 Å². The largest absolute Gasteiger partial charge is 0.453 e. The molecule has 1 saturated heterocycles. The monoisotopic (exact) mass is 412 g/mol. The van der Waals surface area contributed by atoms with Gasteiger partial charge in [-0.3, -0.25) is 4.98 Å². The number of nitrogens with zero attached hydrogens (tertiary/aromatic N) is 5. The molecule has 0 spiro atoms. The molecule has 9 heteroatoms. The number of piperazine rings is 1. The van der Waals surface area contributed by atoms with Crippen LogP contribution >= 0.6 is 11.3 Å². The number of hydrogen-bond donors (Lipinski definition) is 1. The van der Waals surface area contributed by atoms with Crippen LogP contribution in [0.5, 0.6) is 11.5 Å². The number of thiazole rings is 1. The average Bonchev–Trinajstić information content (AvgIpc) is 3.30. The number of pyridine rings is 1. The quantitative estimate of drug-likeness (QED) is 0.512. The summed E-state index contributed by atoms with van der Waals surface area (Å²) in [6, 6.07) is 8.25. The minimum atomic E-state index is -0.447. The lowest BCUT2D eigenvalue weighted by molar-refractivity contribution is 0.380. The maximum Gasteiger partial charge on any atom is 0.191 e. The van der Waals surface area contributed by atoms with Crippen molar-refractivity contribution in [1.82, 2.24) is 14.9 Å². The third kappa shape index (κ3) is 4.80. The summed E-state index contributed by atoms with van der Waals surface area (Å²) in [7, 11) is 0. The molecule has 0 unspecified atom stereocenters. The maximum atomic E-state index is 14.3. The Hall–Kier alpha value is -3.20. The van der Waals surface area contributed by atoms with Gasteiger partial charge in [0, 0.05) is 44.0 Å². The van der Waals surface area contributed by atoms with Crippen molar-refractivity contribution >= 4 is 22.4 Å². The molecule has 150 valence electrons. The summed E-state index contributed by atoms with van der Waals surface area (Å²) in [5, 5.41) is 3.01. The zero-order valence-electron chi connectivity index (χ0n) is 15.7. The average molecular weight is 412 g/mol. The van der Waals surface area contributed by atoms with E-state index in [2.05, 4.69) is 19.9 Å². The summed E-state index contributed by atoms with van der Waals surface area (Å²) >= 11 is 1.64. The molecular formula is C20H21FN6OS. The minimum absolute atomic E-state index is 0.150. The van der Waals surface area contributed by atoms with E-state index in [1.165, 1.54) is 12.3 Å². The number of hydrogen-bond acceptors (Lipinski definition) is 6. The molecule has 2 aromatic heterocycles. The number of rotatable bonds is 5. The highest BCUT2D eigenvalue weighted by Gasteiger charge is 2.19. The fraction of sp³-hybridized carbons (Fsp3) is 0.250. The molecule has 0 radical (unpaired) electrons. The zero-order chi connectivity index (χ0) is 20.1. The summed E-state index contributed by atoms with van der Waals surface area (Å²) in [6.07, 6.45) is 4.98. The Morgan fingerprint density at radius 2 is 2.07 bits per heavy atom. The van der Waals surface area contributed by atoms with Crippen molar-refractivity contribution in [3.63, 3.8) is 0 Å². The summed E-state index contributed by atoms with van der Waals surface area (Å²) in [6.45, 7) is 3.56. The Morgan fingerprint density at radius 1 is 1.21 bits per heavy atom. The van der Waals surface area contributed by atoms with E-state index < -0.39 is 5.82 Å². The third-order valence-corrected chi connectivity index (χ3v) is 5.41. The fourth-order valence-corrected chi connectivity index (χ4v) is 3.73. The third-order valence-electron chi connectivity index (χ3n) is 4.58. The van der Waals surface area contributed by atoms with Gasteiger partial charge in [0.05, 0.1) is 12.7 Å². The van der Waals surface area contributed by atoms with Gasteiger partial charge in [0.25, 0.3) is 0 Å². The van der Waals surface area contributed by atoms with Crippen LogP contribution in [0.25, 0.3) is 0 Å². The van der Waals surface area contributed by atoms with Crippen LogP contribution < -0.4 is 15.4 Å². The summed E-state index contributed by atoms with van der Waals surface area (Å²) in [5.74, 6) is 0.660. The van der Waals surface area contributed by atoms with Crippen molar-refractivity contribution in [1.29, 1.82) is 0 Å². The van der Waals surface area contributed by atoms with Gasteiger partial charge in [-0.1, -0.05) is 6.07 Å². The number of nitrogens with two attached hydrogens (primary N) is 1. The molecule has 0 amide bonds. The normalized spacial score (nSPS) is 14.9. The first-order valence-electron chi connectivity index (χ1n) is 9.24. The van der Waals surface area contributed by atoms with E-state index in [0.717, 1.165) is 36.9 Å². The van der Waals surface area contributed by atoms with Crippen LogP contribution in [0.2, 0.25) is 0 Å². The molecule has 2 N–H and O–H groups in total. The molecule has 3 heterocycles. The molecule has 29 heavy (non-hydrogen) atoms. The van der Waals surface area contributed by atoms with E-state index in [-0.39, 0.29) is 5.75 Å². The molecule has 0 atom stereocenters. The van der Waals surface area contributed by atoms with Crippen LogP contribution in [0.1, 0.15) is 5.56 Å². The molecule has 1 aliphatic rings. The van der Waals surface area contributed by atoms with Gasteiger partial charge in [0.2, 0.25) is 0 Å². The Bertz CT molecular complexity index is 958. The second-order valence-corrected chi connectivity index (χ2v) is 7.39. The molecule has 0 bridgehead atoms. The number of benzene rings is 1. The predicted molar refractivity (Wildman–Crippen MR) is 112 cm³/mol. The van der Waals surface area contributed by atoms with Crippen molar-refractivity contribution in [3.8, 4) is 11.5 Å². The first-order valence-corrected chi connectivity index (χ1v) is 10.1. The molecule has 0 aliphatic carbocycles. The van der Waals surface area contributed by atoms with Crippen molar-refractivity contribution in [2.24, 2.45) is 10.7 Å². The van der Waals surface area contributed by atoms with Gasteiger partial charge in [-0.25, -0.2) is 14.4 Å². The molecule has 1 aromatic carbocycles. The first-order chi connectivity index (χ1) is 14.2. The van der Waals surface area contributed by atoms with Gasteiger partial charge >= 0.3 is 0 Å². The minimum Gasteiger partial charge on any atom is -0.453 e. The van der Waals surface area contributed by atoms with E-state index in [0.29, 0.717) is 18.3 Å². The summed E-state index contributed by atoms with van der Waals surface area (Å²) < 4.78 is 19.9. The highest BCUT2D eigenvalue weighted by atomic mass is 32.1. The van der Waals surface area contributed by atoms with Gasteiger partial charge in [0.15, 0.2) is 22.7 Å². The molecular weight excluding hydrogens is 391 g/mol. The van der Waals surface area contributed by atoms with E-state index in [1.54, 1.807) is 41.8 Å². The van der Waals surface area contributed by atoms with Crippen molar-refractivity contribution in [2.45, 2.75) is 6.54 Å². The van der Waals surface area contributed by atoms with Crippen LogP contribution in [0.3, 0.4) is 0 Å². The molecule has 0 saturated carbocycles. The van der Waals surface area contributed by atoms with E-state index in [1.807, 2.05) is 16.5 Å². The molecule has 1 fully saturated rings. The summed E-state index contributed by atoms with van der Waals surface area (Å²) in [5.41, 5.74) is 6.88. The van der Waals surface area contributed by atoms with Gasteiger partial charge < -0.3 is 20.3 Å². The lowest BCUT2D eigenvalue weighted by Gasteiger charge is -2.35. The van der Waals surface area contributed by atoms with Crippen LogP contribution in [0.4, 0.5) is 9.52 Å². The van der Waals surface area contributed by atoms with E-state index in [9.17, 15) is 4.39 Å². The number of halogens is 1. The maximum absolute atomic E-state index is 14.3. The van der Waals surface area contributed by atoms with Crippen LogP contribution in [-0.2, 0) is 6.54 Å². The van der Waals surface area contributed by atoms with Crippen molar-refractivity contribution in [3.05, 3.63) is 65.7 Å². The smallest absolute Gasteiger partial charge is 0.191 e. The van der Waals surface area contributed by atoms with Crippen LogP contribution in [-0.4, -0.2) is 47.0 Å². The Morgan fingerprint density at radius 3 is 2.76 bits per heavy atom. The lowest BCUT2D eigenvalue weighted by Crippen LogP contribution is -2.51. The topological polar surface area (TPSA) is 79.9 Å². The fourth-order valence-electron chi connectivity index (χ4n) is 3.03. The standard InChI is InChI=1S/C20H21FN6OS/c21-17-12-15(3-4-18(17)28-16-2-1-5-23-14-16)13-25-19(22)26-7-9-27(10-8-26)20-24-6-11-29-20/h1-6,11-12,14H,7-10,13H2,(H2,22,25). The Balaban J connectivity index is 1.33. The Labute approximate surface area is 172 Å². The highest BCUT2D eigenvalue weighted by molar-refractivity contribution is 7.13.